The minimum absolute atomic E-state index is 0.0993. The number of hydrogen-bond donors (Lipinski definition) is 2. The fourth-order valence-electron chi connectivity index (χ4n) is 2.78. The van der Waals surface area contributed by atoms with Crippen LogP contribution in [0.25, 0.3) is 0 Å². The average molecular weight is 521 g/mol. The van der Waals surface area contributed by atoms with E-state index in [-0.39, 0.29) is 28.7 Å². The Balaban J connectivity index is 1.53. The van der Waals surface area contributed by atoms with E-state index in [0.717, 1.165) is 0 Å². The van der Waals surface area contributed by atoms with Gasteiger partial charge in [0.1, 0.15) is 5.82 Å². The summed E-state index contributed by atoms with van der Waals surface area (Å²) >= 11 is 11.8. The van der Waals surface area contributed by atoms with Gasteiger partial charge in [-0.3, -0.25) is 9.59 Å². The highest BCUT2D eigenvalue weighted by Gasteiger charge is 2.16. The van der Waals surface area contributed by atoms with E-state index < -0.39 is 30.2 Å². The number of carbonyl (C=O) groups excluding carboxylic acids is 3. The predicted molar refractivity (Wildman–Crippen MR) is 129 cm³/mol. The molecule has 0 bridgehead atoms. The second-order valence-corrected chi connectivity index (χ2v) is 7.80. The molecule has 3 rings (SSSR count). The van der Waals surface area contributed by atoms with Crippen molar-refractivity contribution in [1.29, 1.82) is 0 Å². The Kier molecular flexibility index (Phi) is 8.88. The van der Waals surface area contributed by atoms with Gasteiger partial charge in [0, 0.05) is 10.7 Å². The van der Waals surface area contributed by atoms with Crippen LogP contribution in [-0.4, -0.2) is 38.1 Å². The van der Waals surface area contributed by atoms with Gasteiger partial charge in [-0.1, -0.05) is 23.2 Å². The molecule has 0 saturated carbocycles. The van der Waals surface area contributed by atoms with Gasteiger partial charge >= 0.3 is 5.97 Å². The number of rotatable bonds is 9. The van der Waals surface area contributed by atoms with Crippen molar-refractivity contribution in [3.63, 3.8) is 0 Å². The Hall–Kier alpha value is -3.82. The van der Waals surface area contributed by atoms with E-state index in [1.807, 2.05) is 0 Å². The first-order chi connectivity index (χ1) is 16.7. The molecule has 0 radical (unpaired) electrons. The molecule has 0 saturated heterocycles. The van der Waals surface area contributed by atoms with E-state index in [2.05, 4.69) is 10.6 Å². The first-order valence-corrected chi connectivity index (χ1v) is 10.8. The van der Waals surface area contributed by atoms with Gasteiger partial charge in [0.05, 0.1) is 23.4 Å². The van der Waals surface area contributed by atoms with Gasteiger partial charge in [-0.2, -0.15) is 0 Å². The molecule has 0 aliphatic rings. The smallest absolute Gasteiger partial charge is 0.338 e. The summed E-state index contributed by atoms with van der Waals surface area (Å²) in [6.07, 6.45) is 0. The first kappa shape index (κ1) is 25.8. The number of anilines is 2. The van der Waals surface area contributed by atoms with Crippen LogP contribution in [0.2, 0.25) is 10.0 Å². The number of esters is 1. The van der Waals surface area contributed by atoms with Crippen molar-refractivity contribution in [3.8, 4) is 11.5 Å². The number of amides is 2. The first-order valence-electron chi connectivity index (χ1n) is 10.0. The highest BCUT2D eigenvalue weighted by molar-refractivity contribution is 6.36. The molecule has 0 aliphatic heterocycles. The highest BCUT2D eigenvalue weighted by atomic mass is 35.5. The van der Waals surface area contributed by atoms with Crippen molar-refractivity contribution < 1.29 is 33.0 Å². The molecule has 8 nitrogen and oxygen atoms in total. The summed E-state index contributed by atoms with van der Waals surface area (Å²) in [6, 6.07) is 14.0. The summed E-state index contributed by atoms with van der Waals surface area (Å²) in [5.74, 6) is -1.90. The molecule has 11 heteroatoms. The molecular weight excluding hydrogens is 502 g/mol. The van der Waals surface area contributed by atoms with E-state index in [1.54, 1.807) is 6.07 Å². The molecule has 3 aromatic carbocycles. The zero-order valence-corrected chi connectivity index (χ0v) is 19.8. The van der Waals surface area contributed by atoms with Crippen molar-refractivity contribution in [1.82, 2.24) is 0 Å². The van der Waals surface area contributed by atoms with Crippen LogP contribution in [0.5, 0.6) is 11.5 Å². The van der Waals surface area contributed by atoms with E-state index in [1.165, 1.54) is 61.7 Å². The zero-order chi connectivity index (χ0) is 25.4. The maximum absolute atomic E-state index is 13.0. The van der Waals surface area contributed by atoms with Crippen LogP contribution in [0.15, 0.2) is 60.7 Å². The van der Waals surface area contributed by atoms with Crippen LogP contribution < -0.4 is 20.1 Å². The topological polar surface area (TPSA) is 103 Å². The SMILES string of the molecule is COc1cc(C(=O)OCC(=O)Nc2ccc(Cl)cc2Cl)ccc1OCC(=O)Nc1ccc(F)cc1. The lowest BCUT2D eigenvalue weighted by molar-refractivity contribution is -0.119. The van der Waals surface area contributed by atoms with Gasteiger partial charge in [0.25, 0.3) is 11.8 Å². The van der Waals surface area contributed by atoms with E-state index >= 15 is 0 Å². The van der Waals surface area contributed by atoms with Crippen LogP contribution in [0, 0.1) is 5.82 Å². The van der Waals surface area contributed by atoms with Crippen molar-refractivity contribution in [3.05, 3.63) is 82.1 Å². The lowest BCUT2D eigenvalue weighted by Gasteiger charge is -2.12. The fraction of sp³-hybridized carbons (Fsp3) is 0.125. The van der Waals surface area contributed by atoms with Crippen LogP contribution >= 0.6 is 23.2 Å². The number of halogens is 3. The lowest BCUT2D eigenvalue weighted by atomic mass is 10.2. The number of methoxy groups -OCH3 is 1. The largest absolute Gasteiger partial charge is 0.493 e. The summed E-state index contributed by atoms with van der Waals surface area (Å²) < 4.78 is 28.7. The standard InChI is InChI=1S/C24H19Cl2FN2O6/c1-33-21-10-14(24(32)35-13-23(31)29-19-8-3-15(25)11-18(19)26)2-9-20(21)34-12-22(30)28-17-6-4-16(27)5-7-17/h2-11H,12-13H2,1H3,(H,28,30)(H,29,31). The van der Waals surface area contributed by atoms with Crippen LogP contribution in [-0.2, 0) is 14.3 Å². The Morgan fingerprint density at radius 3 is 2.26 bits per heavy atom. The summed E-state index contributed by atoms with van der Waals surface area (Å²) in [7, 11) is 1.36. The normalized spacial score (nSPS) is 10.3. The van der Waals surface area contributed by atoms with Gasteiger partial charge in [0.2, 0.25) is 0 Å². The van der Waals surface area contributed by atoms with Crippen LogP contribution in [0.3, 0.4) is 0 Å². The number of hydrogen-bond acceptors (Lipinski definition) is 6. The monoisotopic (exact) mass is 520 g/mol. The van der Waals surface area contributed by atoms with Crippen molar-refractivity contribution in [2.24, 2.45) is 0 Å². The summed E-state index contributed by atoms with van der Waals surface area (Å²) in [4.78, 5) is 36.5. The minimum Gasteiger partial charge on any atom is -0.493 e. The molecule has 0 fully saturated rings. The third-order valence-corrected chi connectivity index (χ3v) is 4.97. The van der Waals surface area contributed by atoms with E-state index in [4.69, 9.17) is 37.4 Å². The third kappa shape index (κ3) is 7.59. The highest BCUT2D eigenvalue weighted by Crippen LogP contribution is 2.29. The van der Waals surface area contributed by atoms with Gasteiger partial charge in [-0.15, -0.1) is 0 Å². The minimum atomic E-state index is -0.777. The molecule has 35 heavy (non-hydrogen) atoms. The van der Waals surface area contributed by atoms with Gasteiger partial charge in [-0.25, -0.2) is 9.18 Å². The summed E-state index contributed by atoms with van der Waals surface area (Å²) in [5, 5.41) is 5.73. The summed E-state index contributed by atoms with van der Waals surface area (Å²) in [6.45, 7) is -0.910. The van der Waals surface area contributed by atoms with E-state index in [0.29, 0.717) is 16.4 Å². The zero-order valence-electron chi connectivity index (χ0n) is 18.3. The Morgan fingerprint density at radius 2 is 1.57 bits per heavy atom. The van der Waals surface area contributed by atoms with Crippen molar-refractivity contribution in [2.75, 3.05) is 31.0 Å². The molecule has 2 amide bonds. The number of benzene rings is 3. The van der Waals surface area contributed by atoms with Gasteiger partial charge in [-0.05, 0) is 60.7 Å². The average Bonchev–Trinajstić information content (AvgIpc) is 2.84. The lowest BCUT2D eigenvalue weighted by Crippen LogP contribution is -2.21. The number of ether oxygens (including phenoxy) is 3. The predicted octanol–water partition coefficient (Wildman–Crippen LogP) is 4.95. The molecule has 0 spiro atoms. The third-order valence-electron chi connectivity index (χ3n) is 4.43. The van der Waals surface area contributed by atoms with Gasteiger partial charge in [0.15, 0.2) is 24.7 Å². The number of nitrogens with one attached hydrogen (secondary N) is 2. The Labute approximate surface area is 209 Å². The molecule has 0 aromatic heterocycles. The fourth-order valence-corrected chi connectivity index (χ4v) is 3.23. The van der Waals surface area contributed by atoms with Crippen molar-refractivity contribution in [2.45, 2.75) is 0 Å². The molecule has 0 heterocycles. The molecule has 3 aromatic rings. The van der Waals surface area contributed by atoms with Crippen LogP contribution in [0.4, 0.5) is 15.8 Å². The van der Waals surface area contributed by atoms with Crippen molar-refractivity contribution >= 4 is 52.4 Å². The molecule has 182 valence electrons. The Bertz CT molecular complexity index is 1240. The maximum atomic E-state index is 13.0. The molecule has 0 aliphatic carbocycles. The van der Waals surface area contributed by atoms with E-state index in [9.17, 15) is 18.8 Å². The maximum Gasteiger partial charge on any atom is 0.338 e. The summed E-state index contributed by atoms with van der Waals surface area (Å²) in [5.41, 5.74) is 0.832. The van der Waals surface area contributed by atoms with Crippen LogP contribution in [0.1, 0.15) is 10.4 Å². The second kappa shape index (κ2) is 12.0. The molecular formula is C24H19Cl2FN2O6. The molecule has 0 unspecified atom stereocenters. The quantitative estimate of drug-likeness (QED) is 0.386. The number of carbonyl (C=O) groups is 3. The molecule has 0 atom stereocenters. The van der Waals surface area contributed by atoms with Gasteiger partial charge < -0.3 is 24.8 Å². The molecule has 2 N–H and O–H groups in total. The second-order valence-electron chi connectivity index (χ2n) is 6.96. The Morgan fingerprint density at radius 1 is 0.857 bits per heavy atom.